The first-order valence-electron chi connectivity index (χ1n) is 6.08. The van der Waals surface area contributed by atoms with Crippen LogP contribution >= 0.6 is 11.6 Å². The Bertz CT molecular complexity index is 486. The Labute approximate surface area is 109 Å². The van der Waals surface area contributed by atoms with Gasteiger partial charge in [-0.1, -0.05) is 11.6 Å². The highest BCUT2D eigenvalue weighted by molar-refractivity contribution is 6.31. The molecule has 3 nitrogen and oxygen atoms in total. The summed E-state index contributed by atoms with van der Waals surface area (Å²) in [5, 5.41) is 9.98. The quantitative estimate of drug-likeness (QED) is 0.900. The van der Waals surface area contributed by atoms with Crippen LogP contribution in [0.15, 0.2) is 6.07 Å². The fourth-order valence-electron chi connectivity index (χ4n) is 2.13. The zero-order valence-corrected chi connectivity index (χ0v) is 10.6. The first kappa shape index (κ1) is 12.1. The average molecular weight is 273 g/mol. The molecule has 3 rings (SSSR count). The van der Waals surface area contributed by atoms with Gasteiger partial charge < -0.3 is 14.6 Å². The smallest absolute Gasteiger partial charge is 0.167 e. The van der Waals surface area contributed by atoms with Gasteiger partial charge in [0.15, 0.2) is 11.5 Å². The minimum atomic E-state index is -0.797. The zero-order chi connectivity index (χ0) is 12.8. The van der Waals surface area contributed by atoms with Crippen LogP contribution < -0.4 is 9.47 Å². The molecule has 1 saturated carbocycles. The normalized spacial score (nSPS) is 20.4. The molecule has 1 fully saturated rings. The molecule has 5 heteroatoms. The molecule has 0 radical (unpaired) electrons. The summed E-state index contributed by atoms with van der Waals surface area (Å²) in [6, 6.07) is 1.44. The standard InChI is InChI=1S/C13H14ClFO3/c14-9-6-10-12(18-5-1-4-17-10)8(11(9)15)7-13(16)2-3-13/h6,16H,1-5,7H2. The van der Waals surface area contributed by atoms with Crippen LogP contribution in [0.25, 0.3) is 0 Å². The van der Waals surface area contributed by atoms with E-state index in [0.29, 0.717) is 43.1 Å². The molecular weight excluding hydrogens is 259 g/mol. The molecule has 98 valence electrons. The molecule has 1 aromatic rings. The molecule has 0 spiro atoms. The minimum Gasteiger partial charge on any atom is -0.489 e. The second-order valence-corrected chi connectivity index (χ2v) is 5.34. The molecule has 1 aliphatic heterocycles. The molecule has 0 unspecified atom stereocenters. The van der Waals surface area contributed by atoms with Crippen molar-refractivity contribution in [1.29, 1.82) is 0 Å². The van der Waals surface area contributed by atoms with Crippen LogP contribution in [0, 0.1) is 5.82 Å². The predicted octanol–water partition coefficient (Wildman–Crippen LogP) is 2.71. The highest BCUT2D eigenvalue weighted by Crippen LogP contribution is 2.45. The Morgan fingerprint density at radius 1 is 1.33 bits per heavy atom. The van der Waals surface area contributed by atoms with Crippen molar-refractivity contribution in [2.24, 2.45) is 0 Å². The summed E-state index contributed by atoms with van der Waals surface area (Å²) in [6.45, 7) is 1.01. The lowest BCUT2D eigenvalue weighted by Crippen LogP contribution is -2.14. The SMILES string of the molecule is OC1(Cc2c(F)c(Cl)cc3c2OCCCO3)CC1. The Hall–Kier alpha value is -1.00. The molecule has 1 N–H and O–H groups in total. The maximum absolute atomic E-state index is 14.1. The summed E-state index contributed by atoms with van der Waals surface area (Å²) < 4.78 is 25.2. The van der Waals surface area contributed by atoms with E-state index in [0.717, 1.165) is 6.42 Å². The van der Waals surface area contributed by atoms with Gasteiger partial charge >= 0.3 is 0 Å². The van der Waals surface area contributed by atoms with Gasteiger partial charge in [0.2, 0.25) is 0 Å². The molecule has 0 saturated heterocycles. The monoisotopic (exact) mass is 272 g/mol. The van der Waals surface area contributed by atoms with Crippen LogP contribution in [-0.4, -0.2) is 23.9 Å². The van der Waals surface area contributed by atoms with Gasteiger partial charge in [-0.2, -0.15) is 0 Å². The average Bonchev–Trinajstić information content (AvgIpc) is 3.09. The van der Waals surface area contributed by atoms with E-state index in [4.69, 9.17) is 21.1 Å². The molecular formula is C13H14ClFO3. The van der Waals surface area contributed by atoms with E-state index >= 15 is 0 Å². The maximum Gasteiger partial charge on any atom is 0.167 e. The van der Waals surface area contributed by atoms with Crippen LogP contribution in [0.3, 0.4) is 0 Å². The van der Waals surface area contributed by atoms with Crippen molar-refractivity contribution in [2.45, 2.75) is 31.3 Å². The van der Waals surface area contributed by atoms with Crippen LogP contribution in [0.5, 0.6) is 11.5 Å². The highest BCUT2D eigenvalue weighted by atomic mass is 35.5. The molecule has 18 heavy (non-hydrogen) atoms. The largest absolute Gasteiger partial charge is 0.489 e. The van der Waals surface area contributed by atoms with Crippen LogP contribution in [0.1, 0.15) is 24.8 Å². The molecule has 0 atom stereocenters. The molecule has 1 heterocycles. The van der Waals surface area contributed by atoms with Gasteiger partial charge in [0, 0.05) is 24.5 Å². The van der Waals surface area contributed by atoms with E-state index in [1.807, 2.05) is 0 Å². The molecule has 0 aromatic heterocycles. The van der Waals surface area contributed by atoms with E-state index in [9.17, 15) is 9.50 Å². The van der Waals surface area contributed by atoms with Gasteiger partial charge in [0.25, 0.3) is 0 Å². The summed E-state index contributed by atoms with van der Waals surface area (Å²) in [5.74, 6) is 0.356. The number of hydrogen-bond acceptors (Lipinski definition) is 3. The Morgan fingerprint density at radius 2 is 2.06 bits per heavy atom. The van der Waals surface area contributed by atoms with Gasteiger partial charge in [-0.3, -0.25) is 0 Å². The second-order valence-electron chi connectivity index (χ2n) is 4.93. The number of hydrogen-bond donors (Lipinski definition) is 1. The molecule has 1 aromatic carbocycles. The van der Waals surface area contributed by atoms with Gasteiger partial charge in [0.05, 0.1) is 23.8 Å². The molecule has 0 bridgehead atoms. The first-order chi connectivity index (χ1) is 8.59. The number of aliphatic hydroxyl groups is 1. The van der Waals surface area contributed by atoms with Crippen molar-refractivity contribution in [2.75, 3.05) is 13.2 Å². The number of rotatable bonds is 2. The summed E-state index contributed by atoms with van der Waals surface area (Å²) >= 11 is 5.86. The highest BCUT2D eigenvalue weighted by Gasteiger charge is 2.42. The lowest BCUT2D eigenvalue weighted by molar-refractivity contribution is 0.148. The van der Waals surface area contributed by atoms with Crippen molar-refractivity contribution in [3.63, 3.8) is 0 Å². The fraction of sp³-hybridized carbons (Fsp3) is 0.538. The van der Waals surface area contributed by atoms with Crippen LogP contribution in [-0.2, 0) is 6.42 Å². The van der Waals surface area contributed by atoms with Gasteiger partial charge in [-0.25, -0.2) is 4.39 Å². The second kappa shape index (κ2) is 4.28. The van der Waals surface area contributed by atoms with Crippen molar-refractivity contribution in [3.8, 4) is 11.5 Å². The number of ether oxygens (including phenoxy) is 2. The van der Waals surface area contributed by atoms with E-state index in [-0.39, 0.29) is 11.4 Å². The topological polar surface area (TPSA) is 38.7 Å². The minimum absolute atomic E-state index is 0.0125. The third-order valence-corrected chi connectivity index (χ3v) is 3.63. The lowest BCUT2D eigenvalue weighted by Gasteiger charge is -2.16. The van der Waals surface area contributed by atoms with E-state index in [1.165, 1.54) is 6.07 Å². The van der Waals surface area contributed by atoms with Crippen LogP contribution in [0.4, 0.5) is 4.39 Å². The summed E-state index contributed by atoms with van der Waals surface area (Å²) in [5.41, 5.74) is -0.464. The zero-order valence-electron chi connectivity index (χ0n) is 9.84. The first-order valence-corrected chi connectivity index (χ1v) is 6.46. The van der Waals surface area contributed by atoms with Gasteiger partial charge in [-0.05, 0) is 12.8 Å². The fourth-order valence-corrected chi connectivity index (χ4v) is 2.34. The molecule has 0 amide bonds. The molecule has 2 aliphatic rings. The Morgan fingerprint density at radius 3 is 2.78 bits per heavy atom. The van der Waals surface area contributed by atoms with Crippen molar-refractivity contribution >= 4 is 11.6 Å². The van der Waals surface area contributed by atoms with Crippen molar-refractivity contribution < 1.29 is 19.0 Å². The number of halogens is 2. The van der Waals surface area contributed by atoms with E-state index in [1.54, 1.807) is 0 Å². The Balaban J connectivity index is 2.05. The summed E-state index contributed by atoms with van der Waals surface area (Å²) in [7, 11) is 0. The Kier molecular flexibility index (Phi) is 2.87. The van der Waals surface area contributed by atoms with Crippen molar-refractivity contribution in [1.82, 2.24) is 0 Å². The molecule has 1 aliphatic carbocycles. The summed E-state index contributed by atoms with van der Waals surface area (Å²) in [4.78, 5) is 0. The third-order valence-electron chi connectivity index (χ3n) is 3.36. The summed E-state index contributed by atoms with van der Waals surface area (Å²) in [6.07, 6.45) is 2.35. The van der Waals surface area contributed by atoms with E-state index in [2.05, 4.69) is 0 Å². The number of fused-ring (bicyclic) bond motifs is 1. The van der Waals surface area contributed by atoms with E-state index < -0.39 is 11.4 Å². The van der Waals surface area contributed by atoms with Gasteiger partial charge in [0.1, 0.15) is 5.82 Å². The third kappa shape index (κ3) is 2.15. The van der Waals surface area contributed by atoms with Crippen LogP contribution in [0.2, 0.25) is 5.02 Å². The van der Waals surface area contributed by atoms with Gasteiger partial charge in [-0.15, -0.1) is 0 Å². The lowest BCUT2D eigenvalue weighted by atomic mass is 10.0. The number of benzene rings is 1. The maximum atomic E-state index is 14.1. The predicted molar refractivity (Wildman–Crippen MR) is 64.9 cm³/mol. The van der Waals surface area contributed by atoms with Crippen molar-refractivity contribution in [3.05, 3.63) is 22.5 Å².